The quantitative estimate of drug-likeness (QED) is 0.850. The van der Waals surface area contributed by atoms with Crippen molar-refractivity contribution in [2.45, 2.75) is 39.5 Å². The lowest BCUT2D eigenvalue weighted by Gasteiger charge is -2.28. The van der Waals surface area contributed by atoms with E-state index in [0.717, 1.165) is 25.9 Å². The van der Waals surface area contributed by atoms with E-state index in [1.807, 2.05) is 18.7 Å². The Balaban J connectivity index is 1.72. The van der Waals surface area contributed by atoms with Crippen LogP contribution in [0.4, 0.5) is 5.69 Å². The summed E-state index contributed by atoms with van der Waals surface area (Å²) in [5.41, 5.74) is 1.38. The molecule has 1 amide bonds. The van der Waals surface area contributed by atoms with Crippen LogP contribution in [0.5, 0.6) is 0 Å². The largest absolute Gasteiger partial charge is 0.511 e. The number of carbonyl (C=O) groups is 2. The van der Waals surface area contributed by atoms with Crippen molar-refractivity contribution in [2.75, 3.05) is 13.1 Å². The first-order chi connectivity index (χ1) is 11.9. The van der Waals surface area contributed by atoms with Gasteiger partial charge in [0.1, 0.15) is 5.76 Å². The molecule has 5 nitrogen and oxygen atoms in total. The van der Waals surface area contributed by atoms with Crippen LogP contribution < -0.4 is 0 Å². The second-order valence-corrected chi connectivity index (χ2v) is 7.61. The third-order valence-corrected chi connectivity index (χ3v) is 4.75. The SMILES string of the molecule is CC1(C)CC(=O)C(C=Nc2ccc(C(=O)N3CCCC3)cc2)=C(O)C1. The van der Waals surface area contributed by atoms with Gasteiger partial charge in [-0.2, -0.15) is 0 Å². The standard InChI is InChI=1S/C20H24N2O3/c1-20(2)11-17(23)16(18(24)12-20)13-21-15-7-5-14(6-8-15)19(25)22-9-3-4-10-22/h5-8,13,23H,3-4,9-12H2,1-2H3. The van der Waals surface area contributed by atoms with Crippen LogP contribution >= 0.6 is 0 Å². The average Bonchev–Trinajstić information content (AvgIpc) is 3.07. The number of aliphatic hydroxyl groups excluding tert-OH is 1. The highest BCUT2D eigenvalue weighted by molar-refractivity contribution is 6.14. The van der Waals surface area contributed by atoms with E-state index in [1.165, 1.54) is 6.21 Å². The van der Waals surface area contributed by atoms with Crippen molar-refractivity contribution in [3.8, 4) is 0 Å². The van der Waals surface area contributed by atoms with E-state index in [0.29, 0.717) is 24.1 Å². The number of rotatable bonds is 3. The lowest BCUT2D eigenvalue weighted by Crippen LogP contribution is -2.27. The maximum atomic E-state index is 12.3. The minimum absolute atomic E-state index is 0.0538. The predicted octanol–water partition coefficient (Wildman–Crippen LogP) is 3.83. The number of hydrogen-bond donors (Lipinski definition) is 1. The first-order valence-electron chi connectivity index (χ1n) is 8.74. The van der Waals surface area contributed by atoms with Gasteiger partial charge < -0.3 is 10.0 Å². The lowest BCUT2D eigenvalue weighted by atomic mass is 9.77. The first-order valence-corrected chi connectivity index (χ1v) is 8.74. The summed E-state index contributed by atoms with van der Waals surface area (Å²) in [4.78, 5) is 30.6. The summed E-state index contributed by atoms with van der Waals surface area (Å²) >= 11 is 0. The fourth-order valence-corrected chi connectivity index (χ4v) is 3.38. The van der Waals surface area contributed by atoms with Crippen molar-refractivity contribution in [2.24, 2.45) is 10.4 Å². The molecular weight excluding hydrogens is 316 g/mol. The number of aliphatic hydroxyl groups is 1. The molecule has 0 radical (unpaired) electrons. The Labute approximate surface area is 148 Å². The number of aliphatic imine (C=N–C) groups is 1. The number of benzene rings is 1. The van der Waals surface area contributed by atoms with Crippen molar-refractivity contribution in [3.63, 3.8) is 0 Å². The molecule has 132 valence electrons. The van der Waals surface area contributed by atoms with Gasteiger partial charge >= 0.3 is 0 Å². The Kier molecular flexibility index (Phi) is 4.75. The Bertz CT molecular complexity index is 739. The number of nitrogens with zero attached hydrogens (tertiary/aromatic N) is 2. The molecule has 0 atom stereocenters. The van der Waals surface area contributed by atoms with Crippen LogP contribution in [0.1, 0.15) is 49.9 Å². The zero-order valence-corrected chi connectivity index (χ0v) is 14.8. The fraction of sp³-hybridized carbons (Fsp3) is 0.450. The molecule has 0 bridgehead atoms. The van der Waals surface area contributed by atoms with E-state index < -0.39 is 0 Å². The van der Waals surface area contributed by atoms with E-state index >= 15 is 0 Å². The van der Waals surface area contributed by atoms with Gasteiger partial charge in [-0.3, -0.25) is 14.6 Å². The average molecular weight is 340 g/mol. The zero-order valence-electron chi connectivity index (χ0n) is 14.8. The molecular formula is C20H24N2O3. The van der Waals surface area contributed by atoms with Gasteiger partial charge in [0, 0.05) is 37.7 Å². The van der Waals surface area contributed by atoms with Crippen LogP contribution in [-0.4, -0.2) is 41.0 Å². The van der Waals surface area contributed by atoms with Crippen LogP contribution in [0.25, 0.3) is 0 Å². The van der Waals surface area contributed by atoms with Crippen LogP contribution in [0, 0.1) is 5.41 Å². The highest BCUT2D eigenvalue weighted by Gasteiger charge is 2.32. The molecule has 1 aliphatic heterocycles. The molecule has 0 aromatic heterocycles. The zero-order chi connectivity index (χ0) is 18.0. The van der Waals surface area contributed by atoms with Crippen molar-refractivity contribution >= 4 is 23.6 Å². The number of likely N-dealkylation sites (tertiary alicyclic amines) is 1. The smallest absolute Gasteiger partial charge is 0.253 e. The number of amides is 1. The van der Waals surface area contributed by atoms with E-state index in [1.54, 1.807) is 24.3 Å². The molecule has 1 heterocycles. The molecule has 3 rings (SSSR count). The van der Waals surface area contributed by atoms with E-state index in [9.17, 15) is 14.7 Å². The van der Waals surface area contributed by atoms with Crippen LogP contribution in [-0.2, 0) is 4.79 Å². The van der Waals surface area contributed by atoms with Gasteiger partial charge in [-0.1, -0.05) is 13.8 Å². The monoisotopic (exact) mass is 340 g/mol. The van der Waals surface area contributed by atoms with Crippen molar-refractivity contribution in [1.29, 1.82) is 0 Å². The maximum Gasteiger partial charge on any atom is 0.253 e. The fourth-order valence-electron chi connectivity index (χ4n) is 3.38. The highest BCUT2D eigenvalue weighted by Crippen LogP contribution is 2.35. The molecule has 5 heteroatoms. The Morgan fingerprint density at radius 1 is 1.16 bits per heavy atom. The summed E-state index contributed by atoms with van der Waals surface area (Å²) in [7, 11) is 0. The number of hydrogen-bond acceptors (Lipinski definition) is 4. The van der Waals surface area contributed by atoms with Gasteiger partial charge in [0.2, 0.25) is 0 Å². The summed E-state index contributed by atoms with van der Waals surface area (Å²) in [5, 5.41) is 10.1. The van der Waals surface area contributed by atoms with Crippen molar-refractivity contribution in [3.05, 3.63) is 41.2 Å². The molecule has 1 aromatic carbocycles. The van der Waals surface area contributed by atoms with Gasteiger partial charge in [-0.05, 0) is 42.5 Å². The summed E-state index contributed by atoms with van der Waals surface area (Å²) in [6, 6.07) is 7.03. The van der Waals surface area contributed by atoms with Gasteiger partial charge in [0.15, 0.2) is 5.78 Å². The third-order valence-electron chi connectivity index (χ3n) is 4.75. The number of carbonyl (C=O) groups excluding carboxylic acids is 2. The van der Waals surface area contributed by atoms with Crippen LogP contribution in [0.15, 0.2) is 40.6 Å². The second-order valence-electron chi connectivity index (χ2n) is 7.61. The summed E-state index contributed by atoms with van der Waals surface area (Å²) in [6.07, 6.45) is 4.45. The molecule has 0 saturated carbocycles. The summed E-state index contributed by atoms with van der Waals surface area (Å²) in [6.45, 7) is 5.57. The van der Waals surface area contributed by atoms with Gasteiger partial charge in [0.25, 0.3) is 5.91 Å². The van der Waals surface area contributed by atoms with Gasteiger partial charge in [-0.15, -0.1) is 0 Å². The molecule has 1 aromatic rings. The van der Waals surface area contributed by atoms with Crippen LogP contribution in [0.2, 0.25) is 0 Å². The minimum Gasteiger partial charge on any atom is -0.511 e. The minimum atomic E-state index is -0.212. The predicted molar refractivity (Wildman–Crippen MR) is 97.4 cm³/mol. The molecule has 0 unspecified atom stereocenters. The van der Waals surface area contributed by atoms with Crippen LogP contribution in [0.3, 0.4) is 0 Å². The molecule has 1 saturated heterocycles. The van der Waals surface area contributed by atoms with Crippen molar-refractivity contribution in [1.82, 2.24) is 4.90 Å². The summed E-state index contributed by atoms with van der Waals surface area (Å²) in [5.74, 6) is 0.0715. The van der Waals surface area contributed by atoms with Gasteiger partial charge in [-0.25, -0.2) is 0 Å². The van der Waals surface area contributed by atoms with E-state index in [2.05, 4.69) is 4.99 Å². The highest BCUT2D eigenvalue weighted by atomic mass is 16.3. The van der Waals surface area contributed by atoms with Gasteiger partial charge in [0.05, 0.1) is 11.3 Å². The Hall–Kier alpha value is -2.43. The molecule has 2 aliphatic rings. The van der Waals surface area contributed by atoms with Crippen molar-refractivity contribution < 1.29 is 14.7 Å². The summed E-state index contributed by atoms with van der Waals surface area (Å²) < 4.78 is 0. The number of Topliss-reactive ketones (excluding diaryl/α,β-unsaturated/α-hetero) is 1. The van der Waals surface area contributed by atoms with E-state index in [4.69, 9.17) is 0 Å². The Morgan fingerprint density at radius 3 is 2.40 bits per heavy atom. The second kappa shape index (κ2) is 6.82. The first kappa shape index (κ1) is 17.4. The third kappa shape index (κ3) is 3.98. The van der Waals surface area contributed by atoms with E-state index in [-0.39, 0.29) is 28.4 Å². The Morgan fingerprint density at radius 2 is 1.80 bits per heavy atom. The molecule has 1 fully saturated rings. The molecule has 25 heavy (non-hydrogen) atoms. The molecule has 1 N–H and O–H groups in total. The number of allylic oxidation sites excluding steroid dienone is 2. The molecule has 1 aliphatic carbocycles. The maximum absolute atomic E-state index is 12.3. The molecule has 0 spiro atoms. The normalized spacial score (nSPS) is 20.6. The lowest BCUT2D eigenvalue weighted by molar-refractivity contribution is -0.117. The number of ketones is 1. The topological polar surface area (TPSA) is 70.0 Å².